The second-order valence-corrected chi connectivity index (χ2v) is 9.37. The number of benzene rings is 2. The highest BCUT2D eigenvalue weighted by Gasteiger charge is 2.27. The Balaban J connectivity index is 1.53. The molecule has 1 aliphatic heterocycles. The lowest BCUT2D eigenvalue weighted by atomic mass is 9.95. The van der Waals surface area contributed by atoms with Crippen molar-refractivity contribution in [2.75, 3.05) is 26.7 Å². The summed E-state index contributed by atoms with van der Waals surface area (Å²) in [4.78, 5) is 33.5. The number of methoxy groups -OCH3 is 1. The number of hydrogen-bond acceptors (Lipinski definition) is 5. The second-order valence-electron chi connectivity index (χ2n) is 9.37. The van der Waals surface area contributed by atoms with Crippen molar-refractivity contribution in [2.45, 2.75) is 38.8 Å². The number of para-hydroxylation sites is 1. The number of pyridine rings is 1. The SMILES string of the molecule is COc1ccc(C(=O)NC(C(=O)NCC2CCN(C(C)C)CC2)c2ccnc3ccccc23)cc1. The van der Waals surface area contributed by atoms with Crippen LogP contribution in [0, 0.1) is 5.92 Å². The molecular formula is C28H34N4O3. The summed E-state index contributed by atoms with van der Waals surface area (Å²) in [6.45, 7) is 7.13. The van der Waals surface area contributed by atoms with Gasteiger partial charge in [-0.1, -0.05) is 18.2 Å². The van der Waals surface area contributed by atoms with E-state index in [1.165, 1.54) is 0 Å². The van der Waals surface area contributed by atoms with Gasteiger partial charge in [0.1, 0.15) is 11.8 Å². The minimum Gasteiger partial charge on any atom is -0.497 e. The Hall–Kier alpha value is -3.45. The molecular weight excluding hydrogens is 440 g/mol. The first-order valence-electron chi connectivity index (χ1n) is 12.3. The van der Waals surface area contributed by atoms with E-state index in [1.54, 1.807) is 37.6 Å². The van der Waals surface area contributed by atoms with Gasteiger partial charge in [0.15, 0.2) is 0 Å². The normalized spacial score (nSPS) is 15.7. The molecule has 35 heavy (non-hydrogen) atoms. The first-order chi connectivity index (χ1) is 17.0. The Morgan fingerprint density at radius 3 is 2.46 bits per heavy atom. The molecule has 0 spiro atoms. The maximum absolute atomic E-state index is 13.5. The summed E-state index contributed by atoms with van der Waals surface area (Å²) >= 11 is 0. The predicted molar refractivity (Wildman–Crippen MR) is 137 cm³/mol. The molecule has 1 fully saturated rings. The number of nitrogens with zero attached hydrogens (tertiary/aromatic N) is 2. The highest BCUT2D eigenvalue weighted by Crippen LogP contribution is 2.25. The molecule has 2 amide bonds. The van der Waals surface area contributed by atoms with Gasteiger partial charge in [0.2, 0.25) is 5.91 Å². The van der Waals surface area contributed by atoms with Crippen molar-refractivity contribution in [1.82, 2.24) is 20.5 Å². The smallest absolute Gasteiger partial charge is 0.252 e. The fourth-order valence-corrected chi connectivity index (χ4v) is 4.63. The Bertz CT molecular complexity index is 1150. The molecule has 0 saturated carbocycles. The number of hydrogen-bond donors (Lipinski definition) is 2. The number of likely N-dealkylation sites (tertiary alicyclic amines) is 1. The molecule has 0 aliphatic carbocycles. The Kier molecular flexibility index (Phi) is 7.98. The van der Waals surface area contributed by atoms with Gasteiger partial charge in [-0.2, -0.15) is 0 Å². The van der Waals surface area contributed by atoms with Crippen molar-refractivity contribution in [1.29, 1.82) is 0 Å². The van der Waals surface area contributed by atoms with E-state index in [9.17, 15) is 9.59 Å². The first kappa shape index (κ1) is 24.7. The Labute approximate surface area is 206 Å². The van der Waals surface area contributed by atoms with Gasteiger partial charge in [-0.05, 0) is 87.7 Å². The van der Waals surface area contributed by atoms with Gasteiger partial charge in [0.05, 0.1) is 12.6 Å². The topological polar surface area (TPSA) is 83.6 Å². The average Bonchev–Trinajstić information content (AvgIpc) is 2.90. The highest BCUT2D eigenvalue weighted by molar-refractivity contribution is 5.99. The van der Waals surface area contributed by atoms with Gasteiger partial charge < -0.3 is 20.3 Å². The van der Waals surface area contributed by atoms with Gasteiger partial charge in [0, 0.05) is 29.7 Å². The zero-order chi connectivity index (χ0) is 24.8. The zero-order valence-corrected chi connectivity index (χ0v) is 20.7. The van der Waals surface area contributed by atoms with Gasteiger partial charge in [0.25, 0.3) is 5.91 Å². The van der Waals surface area contributed by atoms with Crippen molar-refractivity contribution in [3.8, 4) is 5.75 Å². The van der Waals surface area contributed by atoms with Crippen LogP contribution in [-0.2, 0) is 4.79 Å². The van der Waals surface area contributed by atoms with Crippen molar-refractivity contribution in [2.24, 2.45) is 5.92 Å². The van der Waals surface area contributed by atoms with E-state index in [0.29, 0.717) is 29.8 Å². The molecule has 1 atom stereocenters. The van der Waals surface area contributed by atoms with E-state index in [4.69, 9.17) is 4.74 Å². The summed E-state index contributed by atoms with van der Waals surface area (Å²) in [7, 11) is 1.58. The lowest BCUT2D eigenvalue weighted by Gasteiger charge is -2.34. The molecule has 1 unspecified atom stereocenters. The van der Waals surface area contributed by atoms with Gasteiger partial charge >= 0.3 is 0 Å². The first-order valence-corrected chi connectivity index (χ1v) is 12.3. The number of amides is 2. The molecule has 3 aromatic rings. The number of piperidine rings is 1. The van der Waals surface area contributed by atoms with Gasteiger partial charge in [-0.3, -0.25) is 14.6 Å². The van der Waals surface area contributed by atoms with Gasteiger partial charge in [-0.15, -0.1) is 0 Å². The quantitative estimate of drug-likeness (QED) is 0.517. The van der Waals surface area contributed by atoms with Crippen molar-refractivity contribution >= 4 is 22.7 Å². The minimum absolute atomic E-state index is 0.213. The predicted octanol–water partition coefficient (Wildman–Crippen LogP) is 3.95. The van der Waals surface area contributed by atoms with E-state index in [0.717, 1.165) is 42.4 Å². The van der Waals surface area contributed by atoms with Crippen LogP contribution in [0.1, 0.15) is 48.7 Å². The molecule has 4 rings (SSSR count). The summed E-state index contributed by atoms with van der Waals surface area (Å²) < 4.78 is 5.19. The average molecular weight is 475 g/mol. The maximum atomic E-state index is 13.5. The Morgan fingerprint density at radius 1 is 1.06 bits per heavy atom. The number of fused-ring (bicyclic) bond motifs is 1. The van der Waals surface area contributed by atoms with Crippen LogP contribution in [0.25, 0.3) is 10.9 Å². The number of rotatable bonds is 8. The van der Waals surface area contributed by atoms with Crippen LogP contribution < -0.4 is 15.4 Å². The minimum atomic E-state index is -0.840. The fourth-order valence-electron chi connectivity index (χ4n) is 4.63. The molecule has 1 saturated heterocycles. The van der Waals surface area contributed by atoms with E-state index in [1.807, 2.05) is 30.3 Å². The Morgan fingerprint density at radius 2 is 1.77 bits per heavy atom. The van der Waals surface area contributed by atoms with E-state index >= 15 is 0 Å². The molecule has 7 heteroatoms. The lowest BCUT2D eigenvalue weighted by Crippen LogP contribution is -2.44. The zero-order valence-electron chi connectivity index (χ0n) is 20.7. The van der Waals surface area contributed by atoms with Crippen LogP contribution in [0.2, 0.25) is 0 Å². The summed E-state index contributed by atoms with van der Waals surface area (Å²) in [5, 5.41) is 6.93. The third-order valence-electron chi connectivity index (χ3n) is 6.83. The summed E-state index contributed by atoms with van der Waals surface area (Å²) in [6.07, 6.45) is 3.79. The van der Waals surface area contributed by atoms with Crippen molar-refractivity contribution in [3.63, 3.8) is 0 Å². The molecule has 2 aromatic carbocycles. The largest absolute Gasteiger partial charge is 0.497 e. The molecule has 0 radical (unpaired) electrons. The number of nitrogens with one attached hydrogen (secondary N) is 2. The lowest BCUT2D eigenvalue weighted by molar-refractivity contribution is -0.123. The third kappa shape index (κ3) is 5.98. The molecule has 2 heterocycles. The van der Waals surface area contributed by atoms with E-state index < -0.39 is 6.04 Å². The maximum Gasteiger partial charge on any atom is 0.252 e. The van der Waals surface area contributed by atoms with E-state index in [-0.39, 0.29) is 11.8 Å². The summed E-state index contributed by atoms with van der Waals surface area (Å²) in [6, 6.07) is 16.0. The van der Waals surface area contributed by atoms with Crippen molar-refractivity contribution < 1.29 is 14.3 Å². The van der Waals surface area contributed by atoms with Crippen LogP contribution in [0.5, 0.6) is 5.75 Å². The molecule has 1 aromatic heterocycles. The highest BCUT2D eigenvalue weighted by atomic mass is 16.5. The monoisotopic (exact) mass is 474 g/mol. The molecule has 2 N–H and O–H groups in total. The number of carbonyl (C=O) groups excluding carboxylic acids is 2. The fraction of sp³-hybridized carbons (Fsp3) is 0.393. The third-order valence-corrected chi connectivity index (χ3v) is 6.83. The molecule has 7 nitrogen and oxygen atoms in total. The molecule has 184 valence electrons. The number of carbonyl (C=O) groups is 2. The van der Waals surface area contributed by atoms with E-state index in [2.05, 4.69) is 34.4 Å². The number of aromatic nitrogens is 1. The molecule has 0 bridgehead atoms. The van der Waals surface area contributed by atoms with Crippen molar-refractivity contribution in [3.05, 3.63) is 71.9 Å². The van der Waals surface area contributed by atoms with Crippen LogP contribution in [0.15, 0.2) is 60.8 Å². The van der Waals surface area contributed by atoms with Crippen LogP contribution >= 0.6 is 0 Å². The van der Waals surface area contributed by atoms with Crippen LogP contribution in [0.3, 0.4) is 0 Å². The second kappa shape index (κ2) is 11.3. The van der Waals surface area contributed by atoms with Gasteiger partial charge in [-0.25, -0.2) is 0 Å². The van der Waals surface area contributed by atoms with Crippen LogP contribution in [0.4, 0.5) is 0 Å². The summed E-state index contributed by atoms with van der Waals surface area (Å²) in [5.74, 6) is 0.564. The number of ether oxygens (including phenoxy) is 1. The van der Waals surface area contributed by atoms with Crippen LogP contribution in [-0.4, -0.2) is 54.5 Å². The summed E-state index contributed by atoms with van der Waals surface area (Å²) in [5.41, 5.74) is 1.97. The standard InChI is InChI=1S/C28H34N4O3/c1-19(2)32-16-13-20(14-17-32)18-30-28(34)26(24-12-15-29-25-7-5-4-6-23(24)25)31-27(33)21-8-10-22(35-3)11-9-21/h4-12,15,19-20,26H,13-14,16-18H2,1-3H3,(H,30,34)(H,31,33). The molecule has 1 aliphatic rings.